The van der Waals surface area contributed by atoms with Crippen molar-refractivity contribution in [3.63, 3.8) is 0 Å². The molecule has 3 aromatic rings. The van der Waals surface area contributed by atoms with Crippen molar-refractivity contribution in [1.29, 1.82) is 0 Å². The van der Waals surface area contributed by atoms with Crippen LogP contribution in [0.3, 0.4) is 0 Å². The maximum atomic E-state index is 6.45. The van der Waals surface area contributed by atoms with E-state index in [4.69, 9.17) is 5.73 Å². The highest BCUT2D eigenvalue weighted by Gasteiger charge is 2.08. The Morgan fingerprint density at radius 1 is 0.682 bits per heavy atom. The quantitative estimate of drug-likeness (QED) is 0.688. The van der Waals surface area contributed by atoms with Crippen molar-refractivity contribution < 1.29 is 0 Å². The molecule has 3 aromatic carbocycles. The summed E-state index contributed by atoms with van der Waals surface area (Å²) in [5, 5.41) is 0. The second kappa shape index (κ2) is 6.48. The van der Waals surface area contributed by atoms with Gasteiger partial charge >= 0.3 is 0 Å². The molecule has 0 radical (unpaired) electrons. The minimum atomic E-state index is 0.885. The highest BCUT2D eigenvalue weighted by atomic mass is 14.6. The number of aryl methyl sites for hydroxylation is 1. The fraction of sp³-hybridized carbons (Fsp3) is 0.143. The van der Waals surface area contributed by atoms with Gasteiger partial charge in [0.1, 0.15) is 0 Å². The van der Waals surface area contributed by atoms with Crippen molar-refractivity contribution in [2.75, 3.05) is 5.73 Å². The van der Waals surface area contributed by atoms with E-state index >= 15 is 0 Å². The van der Waals surface area contributed by atoms with E-state index in [1.165, 1.54) is 27.8 Å². The third-order valence-corrected chi connectivity index (χ3v) is 3.97. The van der Waals surface area contributed by atoms with Gasteiger partial charge in [-0.25, -0.2) is 0 Å². The molecule has 0 bridgehead atoms. The molecule has 3 rings (SSSR count). The van der Waals surface area contributed by atoms with Crippen LogP contribution in [0.4, 0.5) is 5.69 Å². The van der Waals surface area contributed by atoms with Crippen LogP contribution in [0, 0.1) is 6.92 Å². The SMILES string of the molecule is Cc1cc(Cc2ccccc2)c(N)c(Cc2ccccc2)c1. The molecular formula is C21H21N. The molecule has 1 nitrogen and oxygen atoms in total. The van der Waals surface area contributed by atoms with Gasteiger partial charge in [0.25, 0.3) is 0 Å². The van der Waals surface area contributed by atoms with Crippen LogP contribution in [0.15, 0.2) is 72.8 Å². The lowest BCUT2D eigenvalue weighted by molar-refractivity contribution is 1.13. The van der Waals surface area contributed by atoms with E-state index in [1.807, 2.05) is 12.1 Å². The Morgan fingerprint density at radius 3 is 1.50 bits per heavy atom. The van der Waals surface area contributed by atoms with E-state index in [1.54, 1.807) is 0 Å². The minimum absolute atomic E-state index is 0.885. The summed E-state index contributed by atoms with van der Waals surface area (Å²) >= 11 is 0. The predicted molar refractivity (Wildman–Crippen MR) is 94.1 cm³/mol. The Balaban J connectivity index is 1.92. The van der Waals surface area contributed by atoms with Gasteiger partial charge in [-0.15, -0.1) is 0 Å². The predicted octanol–water partition coefficient (Wildman–Crippen LogP) is 4.76. The molecule has 2 N–H and O–H groups in total. The number of hydrogen-bond donors (Lipinski definition) is 1. The van der Waals surface area contributed by atoms with Gasteiger partial charge in [0.2, 0.25) is 0 Å². The molecule has 22 heavy (non-hydrogen) atoms. The summed E-state index contributed by atoms with van der Waals surface area (Å²) in [5.41, 5.74) is 13.7. The van der Waals surface area contributed by atoms with E-state index in [9.17, 15) is 0 Å². The topological polar surface area (TPSA) is 26.0 Å². The molecule has 0 amide bonds. The van der Waals surface area contributed by atoms with E-state index < -0.39 is 0 Å². The first kappa shape index (κ1) is 14.4. The van der Waals surface area contributed by atoms with E-state index in [0.717, 1.165) is 18.5 Å². The van der Waals surface area contributed by atoms with Gasteiger partial charge in [0, 0.05) is 5.69 Å². The van der Waals surface area contributed by atoms with Crippen LogP contribution >= 0.6 is 0 Å². The maximum absolute atomic E-state index is 6.45. The summed E-state index contributed by atoms with van der Waals surface area (Å²) in [7, 11) is 0. The molecule has 0 aliphatic carbocycles. The van der Waals surface area contributed by atoms with Crippen molar-refractivity contribution in [3.05, 3.63) is 101 Å². The van der Waals surface area contributed by atoms with Gasteiger partial charge in [-0.3, -0.25) is 0 Å². The van der Waals surface area contributed by atoms with Gasteiger partial charge in [-0.1, -0.05) is 78.4 Å². The summed E-state index contributed by atoms with van der Waals surface area (Å²) in [6, 6.07) is 25.4. The molecule has 0 heterocycles. The normalized spacial score (nSPS) is 10.6. The van der Waals surface area contributed by atoms with Crippen LogP contribution < -0.4 is 5.73 Å². The van der Waals surface area contributed by atoms with Crippen molar-refractivity contribution in [2.45, 2.75) is 19.8 Å². The van der Waals surface area contributed by atoms with Gasteiger partial charge in [-0.2, -0.15) is 0 Å². The summed E-state index contributed by atoms with van der Waals surface area (Å²) < 4.78 is 0. The molecule has 110 valence electrons. The summed E-state index contributed by atoms with van der Waals surface area (Å²) in [6.07, 6.45) is 1.77. The van der Waals surface area contributed by atoms with Crippen molar-refractivity contribution in [3.8, 4) is 0 Å². The summed E-state index contributed by atoms with van der Waals surface area (Å²) in [4.78, 5) is 0. The van der Waals surface area contributed by atoms with Crippen LogP contribution in [0.25, 0.3) is 0 Å². The fourth-order valence-corrected chi connectivity index (χ4v) is 2.88. The van der Waals surface area contributed by atoms with Crippen LogP contribution in [0.2, 0.25) is 0 Å². The van der Waals surface area contributed by atoms with Crippen molar-refractivity contribution in [2.24, 2.45) is 0 Å². The Morgan fingerprint density at radius 2 is 1.09 bits per heavy atom. The summed E-state index contributed by atoms with van der Waals surface area (Å²) in [6.45, 7) is 2.14. The maximum Gasteiger partial charge on any atom is 0.0386 e. The first-order valence-electron chi connectivity index (χ1n) is 7.68. The first-order valence-corrected chi connectivity index (χ1v) is 7.68. The average molecular weight is 287 g/mol. The monoisotopic (exact) mass is 287 g/mol. The zero-order chi connectivity index (χ0) is 15.4. The van der Waals surface area contributed by atoms with Gasteiger partial charge < -0.3 is 5.73 Å². The Kier molecular flexibility index (Phi) is 4.24. The highest BCUT2D eigenvalue weighted by Crippen LogP contribution is 2.25. The van der Waals surface area contributed by atoms with E-state index in [-0.39, 0.29) is 0 Å². The molecule has 0 unspecified atom stereocenters. The molecule has 0 aliphatic heterocycles. The van der Waals surface area contributed by atoms with Gasteiger partial charge in [0.15, 0.2) is 0 Å². The molecule has 0 spiro atoms. The lowest BCUT2D eigenvalue weighted by Crippen LogP contribution is -2.03. The molecular weight excluding hydrogens is 266 g/mol. The second-order valence-electron chi connectivity index (χ2n) is 5.82. The van der Waals surface area contributed by atoms with Gasteiger partial charge in [0.05, 0.1) is 0 Å². The van der Waals surface area contributed by atoms with Crippen LogP contribution in [0.5, 0.6) is 0 Å². The number of nitrogen functional groups attached to an aromatic ring is 1. The average Bonchev–Trinajstić information content (AvgIpc) is 2.54. The minimum Gasteiger partial charge on any atom is -0.398 e. The lowest BCUT2D eigenvalue weighted by atomic mass is 9.94. The number of hydrogen-bond acceptors (Lipinski definition) is 1. The van der Waals surface area contributed by atoms with Crippen LogP contribution in [-0.4, -0.2) is 0 Å². The van der Waals surface area contributed by atoms with E-state index in [0.29, 0.717) is 0 Å². The molecule has 1 heteroatoms. The van der Waals surface area contributed by atoms with Crippen molar-refractivity contribution in [1.82, 2.24) is 0 Å². The molecule has 0 saturated heterocycles. The van der Waals surface area contributed by atoms with Crippen molar-refractivity contribution >= 4 is 5.69 Å². The largest absolute Gasteiger partial charge is 0.398 e. The van der Waals surface area contributed by atoms with Crippen LogP contribution in [-0.2, 0) is 12.8 Å². The smallest absolute Gasteiger partial charge is 0.0386 e. The summed E-state index contributed by atoms with van der Waals surface area (Å²) in [5.74, 6) is 0. The molecule has 0 aromatic heterocycles. The molecule has 0 saturated carbocycles. The highest BCUT2D eigenvalue weighted by molar-refractivity contribution is 5.58. The van der Waals surface area contributed by atoms with E-state index in [2.05, 4.69) is 67.6 Å². The molecule has 0 aliphatic rings. The second-order valence-corrected chi connectivity index (χ2v) is 5.82. The van der Waals surface area contributed by atoms with Gasteiger partial charge in [-0.05, 0) is 42.0 Å². The number of benzene rings is 3. The Hall–Kier alpha value is -2.54. The standard InChI is InChI=1S/C21H21N/c1-16-12-19(14-17-8-4-2-5-9-17)21(22)20(13-16)15-18-10-6-3-7-11-18/h2-13H,14-15,22H2,1H3. The zero-order valence-corrected chi connectivity index (χ0v) is 12.9. The van der Waals surface area contributed by atoms with Crippen LogP contribution in [0.1, 0.15) is 27.8 Å². The Labute approximate surface area is 132 Å². The third-order valence-electron chi connectivity index (χ3n) is 3.97. The number of nitrogens with two attached hydrogens (primary N) is 1. The third kappa shape index (κ3) is 3.37. The lowest BCUT2D eigenvalue weighted by Gasteiger charge is -2.13. The number of anilines is 1. The Bertz CT molecular complexity index is 683. The first-order chi connectivity index (χ1) is 10.7. The number of rotatable bonds is 4. The fourth-order valence-electron chi connectivity index (χ4n) is 2.88. The zero-order valence-electron chi connectivity index (χ0n) is 12.9. The molecule has 0 fully saturated rings. The molecule has 0 atom stereocenters.